The van der Waals surface area contributed by atoms with Crippen LogP contribution >= 0.6 is 11.6 Å². The summed E-state index contributed by atoms with van der Waals surface area (Å²) in [5, 5.41) is 3.41. The second-order valence-corrected chi connectivity index (χ2v) is 5.14. The molecular weight excluding hydrogens is 280 g/mol. The Labute approximate surface area is 122 Å². The summed E-state index contributed by atoms with van der Waals surface area (Å²) in [7, 11) is 0. The van der Waals surface area contributed by atoms with Gasteiger partial charge in [0.05, 0.1) is 5.02 Å². The van der Waals surface area contributed by atoms with Crippen LogP contribution in [0.2, 0.25) is 5.02 Å². The average molecular weight is 296 g/mol. The largest absolute Gasteiger partial charge is 0.310 e. The van der Waals surface area contributed by atoms with Crippen LogP contribution in [0.15, 0.2) is 42.5 Å². The van der Waals surface area contributed by atoms with Crippen molar-refractivity contribution >= 4 is 11.6 Å². The second kappa shape index (κ2) is 6.82. The molecule has 0 radical (unpaired) electrons. The van der Waals surface area contributed by atoms with E-state index in [2.05, 4.69) is 5.32 Å². The molecule has 2 aromatic rings. The van der Waals surface area contributed by atoms with Crippen molar-refractivity contribution in [2.24, 2.45) is 0 Å². The minimum absolute atomic E-state index is 0.00956. The number of nitrogens with one attached hydrogen (secondary N) is 1. The fourth-order valence-electron chi connectivity index (χ4n) is 2.03. The molecule has 4 heteroatoms. The van der Waals surface area contributed by atoms with Gasteiger partial charge in [-0.1, -0.05) is 29.8 Å². The van der Waals surface area contributed by atoms with E-state index in [1.807, 2.05) is 13.0 Å². The highest BCUT2D eigenvalue weighted by molar-refractivity contribution is 6.30. The third-order valence-corrected chi connectivity index (χ3v) is 3.50. The molecule has 0 amide bonds. The third kappa shape index (κ3) is 4.02. The van der Waals surface area contributed by atoms with Crippen LogP contribution in [0.1, 0.15) is 24.1 Å². The third-order valence-electron chi connectivity index (χ3n) is 3.20. The Morgan fingerprint density at radius 3 is 2.65 bits per heavy atom. The molecule has 0 aliphatic heterocycles. The van der Waals surface area contributed by atoms with Gasteiger partial charge in [-0.2, -0.15) is 0 Å². The summed E-state index contributed by atoms with van der Waals surface area (Å²) in [5.74, 6) is -0.640. The molecule has 1 nitrogen and oxygen atoms in total. The molecule has 0 heterocycles. The van der Waals surface area contributed by atoms with Crippen LogP contribution in [0, 0.1) is 11.6 Å². The Bertz CT molecular complexity index is 586. The molecule has 0 spiro atoms. The Balaban J connectivity index is 1.88. The highest BCUT2D eigenvalue weighted by atomic mass is 35.5. The number of hydrogen-bond acceptors (Lipinski definition) is 1. The zero-order valence-electron chi connectivity index (χ0n) is 11.2. The molecular formula is C16H16ClF2N. The molecule has 106 valence electrons. The van der Waals surface area contributed by atoms with E-state index in [-0.39, 0.29) is 16.9 Å². The van der Waals surface area contributed by atoms with E-state index < -0.39 is 5.82 Å². The topological polar surface area (TPSA) is 12.0 Å². The molecule has 20 heavy (non-hydrogen) atoms. The first-order valence-electron chi connectivity index (χ1n) is 6.49. The normalized spacial score (nSPS) is 12.4. The summed E-state index contributed by atoms with van der Waals surface area (Å²) in [6.45, 7) is 2.64. The van der Waals surface area contributed by atoms with Gasteiger partial charge < -0.3 is 5.32 Å². The lowest BCUT2D eigenvalue weighted by atomic mass is 10.1. The molecule has 2 rings (SSSR count). The maximum atomic E-state index is 13.4. The minimum atomic E-state index is -0.414. The Hall–Kier alpha value is -1.45. The van der Waals surface area contributed by atoms with Gasteiger partial charge in [-0.05, 0) is 55.3 Å². The Morgan fingerprint density at radius 1 is 1.15 bits per heavy atom. The zero-order chi connectivity index (χ0) is 14.5. The first-order valence-corrected chi connectivity index (χ1v) is 6.87. The van der Waals surface area contributed by atoms with Crippen LogP contribution < -0.4 is 5.32 Å². The molecule has 0 fully saturated rings. The maximum Gasteiger partial charge on any atom is 0.142 e. The SMILES string of the molecule is CC(NCCc1cccc(F)c1)c1ccc(Cl)c(F)c1. The lowest BCUT2D eigenvalue weighted by Gasteiger charge is -2.14. The molecule has 2 aromatic carbocycles. The smallest absolute Gasteiger partial charge is 0.142 e. The van der Waals surface area contributed by atoms with E-state index in [0.29, 0.717) is 6.54 Å². The predicted molar refractivity (Wildman–Crippen MR) is 77.9 cm³/mol. The minimum Gasteiger partial charge on any atom is -0.310 e. The first kappa shape index (κ1) is 14.9. The van der Waals surface area contributed by atoms with Crippen molar-refractivity contribution in [3.63, 3.8) is 0 Å². The van der Waals surface area contributed by atoms with Gasteiger partial charge in [-0.15, -0.1) is 0 Å². The second-order valence-electron chi connectivity index (χ2n) is 4.73. The molecule has 0 saturated carbocycles. The molecule has 0 aromatic heterocycles. The molecule has 1 unspecified atom stereocenters. The van der Waals surface area contributed by atoms with Crippen molar-refractivity contribution in [3.8, 4) is 0 Å². The molecule has 1 N–H and O–H groups in total. The van der Waals surface area contributed by atoms with E-state index in [9.17, 15) is 8.78 Å². The van der Waals surface area contributed by atoms with Gasteiger partial charge in [0.15, 0.2) is 0 Å². The Morgan fingerprint density at radius 2 is 1.95 bits per heavy atom. The van der Waals surface area contributed by atoms with Gasteiger partial charge >= 0.3 is 0 Å². The predicted octanol–water partition coefficient (Wildman–Crippen LogP) is 4.51. The summed E-state index contributed by atoms with van der Waals surface area (Å²) in [5.41, 5.74) is 1.78. The first-order chi connectivity index (χ1) is 9.56. The molecule has 0 bridgehead atoms. The maximum absolute atomic E-state index is 13.4. The monoisotopic (exact) mass is 295 g/mol. The summed E-state index contributed by atoms with van der Waals surface area (Å²) < 4.78 is 26.4. The van der Waals surface area contributed by atoms with Crippen LogP contribution in [0.3, 0.4) is 0 Å². The van der Waals surface area contributed by atoms with E-state index >= 15 is 0 Å². The number of hydrogen-bond donors (Lipinski definition) is 1. The summed E-state index contributed by atoms with van der Waals surface area (Å²) in [6.07, 6.45) is 0.720. The van der Waals surface area contributed by atoms with E-state index in [4.69, 9.17) is 11.6 Å². The molecule has 0 saturated heterocycles. The average Bonchev–Trinajstić information content (AvgIpc) is 2.42. The lowest BCUT2D eigenvalue weighted by molar-refractivity contribution is 0.565. The van der Waals surface area contributed by atoms with Crippen LogP contribution in [0.5, 0.6) is 0 Å². The van der Waals surface area contributed by atoms with Gasteiger partial charge in [-0.25, -0.2) is 8.78 Å². The molecule has 1 atom stereocenters. The van der Waals surface area contributed by atoms with Crippen molar-refractivity contribution in [3.05, 3.63) is 70.2 Å². The number of rotatable bonds is 5. The van der Waals surface area contributed by atoms with Crippen LogP contribution in [-0.2, 0) is 6.42 Å². The highest BCUT2D eigenvalue weighted by Crippen LogP contribution is 2.20. The van der Waals surface area contributed by atoms with Crippen LogP contribution in [0.25, 0.3) is 0 Å². The van der Waals surface area contributed by atoms with Crippen molar-refractivity contribution in [1.82, 2.24) is 5.32 Å². The lowest BCUT2D eigenvalue weighted by Crippen LogP contribution is -2.21. The van der Waals surface area contributed by atoms with Gasteiger partial charge in [0, 0.05) is 6.04 Å². The van der Waals surface area contributed by atoms with Crippen molar-refractivity contribution < 1.29 is 8.78 Å². The van der Waals surface area contributed by atoms with Gasteiger partial charge in [0.25, 0.3) is 0 Å². The highest BCUT2D eigenvalue weighted by Gasteiger charge is 2.07. The quantitative estimate of drug-likeness (QED) is 0.855. The van der Waals surface area contributed by atoms with E-state index in [1.54, 1.807) is 18.2 Å². The number of benzene rings is 2. The summed E-state index contributed by atoms with van der Waals surface area (Å²) in [4.78, 5) is 0. The van der Waals surface area contributed by atoms with Crippen molar-refractivity contribution in [1.29, 1.82) is 0 Å². The standard InChI is InChI=1S/C16H16ClF2N/c1-11(13-5-6-15(17)16(19)10-13)20-8-7-12-3-2-4-14(18)9-12/h2-6,9-11,20H,7-8H2,1H3. The van der Waals surface area contributed by atoms with E-state index in [0.717, 1.165) is 17.5 Å². The van der Waals surface area contributed by atoms with Crippen LogP contribution in [-0.4, -0.2) is 6.54 Å². The van der Waals surface area contributed by atoms with Crippen molar-refractivity contribution in [2.45, 2.75) is 19.4 Å². The van der Waals surface area contributed by atoms with E-state index in [1.165, 1.54) is 18.2 Å². The van der Waals surface area contributed by atoms with Gasteiger partial charge in [-0.3, -0.25) is 0 Å². The fourth-order valence-corrected chi connectivity index (χ4v) is 2.14. The molecule has 0 aliphatic carbocycles. The molecule has 0 aliphatic rings. The Kier molecular flexibility index (Phi) is 5.10. The van der Waals surface area contributed by atoms with Gasteiger partial charge in [0.1, 0.15) is 11.6 Å². The summed E-state index contributed by atoms with van der Waals surface area (Å²) in [6, 6.07) is 11.3. The van der Waals surface area contributed by atoms with Crippen molar-refractivity contribution in [2.75, 3.05) is 6.54 Å². The van der Waals surface area contributed by atoms with Crippen LogP contribution in [0.4, 0.5) is 8.78 Å². The summed E-state index contributed by atoms with van der Waals surface area (Å²) >= 11 is 5.65. The van der Waals surface area contributed by atoms with Gasteiger partial charge in [0.2, 0.25) is 0 Å². The fraction of sp³-hybridized carbons (Fsp3) is 0.250. The zero-order valence-corrected chi connectivity index (χ0v) is 11.9. The number of halogens is 3.